The van der Waals surface area contributed by atoms with E-state index >= 15 is 0 Å². The molecule has 26 heavy (non-hydrogen) atoms. The summed E-state index contributed by atoms with van der Waals surface area (Å²) in [5.74, 6) is 0. The lowest BCUT2D eigenvalue weighted by Crippen LogP contribution is -2.25. The topological polar surface area (TPSA) is 46.4 Å². The SMILES string of the molecule is CCCCCCCCN(CC)CCCCCCc1ccc([N+](=O)[O-])cc1. The van der Waals surface area contributed by atoms with Crippen LogP contribution in [0.1, 0.15) is 83.6 Å². The molecule has 0 unspecified atom stereocenters. The van der Waals surface area contributed by atoms with E-state index in [1.165, 1.54) is 82.9 Å². The normalized spacial score (nSPS) is 11.2. The number of hydrogen-bond acceptors (Lipinski definition) is 3. The van der Waals surface area contributed by atoms with Crippen molar-refractivity contribution in [3.63, 3.8) is 0 Å². The first-order valence-electron chi connectivity index (χ1n) is 10.6. The maximum Gasteiger partial charge on any atom is 0.269 e. The summed E-state index contributed by atoms with van der Waals surface area (Å²) in [6, 6.07) is 6.99. The first-order valence-corrected chi connectivity index (χ1v) is 10.6. The Morgan fingerprint density at radius 2 is 1.35 bits per heavy atom. The highest BCUT2D eigenvalue weighted by atomic mass is 16.6. The van der Waals surface area contributed by atoms with Gasteiger partial charge in [0.25, 0.3) is 5.69 Å². The molecule has 0 aliphatic heterocycles. The molecule has 0 fully saturated rings. The van der Waals surface area contributed by atoms with Crippen LogP contribution in [0, 0.1) is 10.1 Å². The average molecular weight is 363 g/mol. The van der Waals surface area contributed by atoms with Crippen LogP contribution in [-0.2, 0) is 6.42 Å². The fourth-order valence-electron chi connectivity index (χ4n) is 3.35. The third-order valence-electron chi connectivity index (χ3n) is 5.11. The van der Waals surface area contributed by atoms with Crippen LogP contribution in [0.5, 0.6) is 0 Å². The molecule has 0 atom stereocenters. The van der Waals surface area contributed by atoms with Crippen molar-refractivity contribution in [3.8, 4) is 0 Å². The van der Waals surface area contributed by atoms with Crippen LogP contribution in [0.25, 0.3) is 0 Å². The Morgan fingerprint density at radius 1 is 0.808 bits per heavy atom. The second-order valence-corrected chi connectivity index (χ2v) is 7.29. The average Bonchev–Trinajstić information content (AvgIpc) is 2.65. The fourth-order valence-corrected chi connectivity index (χ4v) is 3.35. The van der Waals surface area contributed by atoms with Crippen LogP contribution in [0.3, 0.4) is 0 Å². The molecule has 1 aromatic carbocycles. The number of nitrogens with zero attached hydrogens (tertiary/aromatic N) is 2. The molecular weight excluding hydrogens is 324 g/mol. The number of hydrogen-bond donors (Lipinski definition) is 0. The Balaban J connectivity index is 2.03. The number of aryl methyl sites for hydroxylation is 1. The van der Waals surface area contributed by atoms with Crippen molar-refractivity contribution in [1.29, 1.82) is 0 Å². The summed E-state index contributed by atoms with van der Waals surface area (Å²) in [6.45, 7) is 8.18. The van der Waals surface area contributed by atoms with E-state index in [9.17, 15) is 10.1 Å². The van der Waals surface area contributed by atoms with Crippen LogP contribution in [0.2, 0.25) is 0 Å². The van der Waals surface area contributed by atoms with E-state index in [2.05, 4.69) is 18.7 Å². The van der Waals surface area contributed by atoms with Gasteiger partial charge in [-0.2, -0.15) is 0 Å². The highest BCUT2D eigenvalue weighted by Gasteiger charge is 2.04. The summed E-state index contributed by atoms with van der Waals surface area (Å²) in [5, 5.41) is 10.7. The Hall–Kier alpha value is -1.42. The molecule has 0 heterocycles. The Kier molecular flexibility index (Phi) is 12.8. The molecule has 4 nitrogen and oxygen atoms in total. The molecular formula is C22H38N2O2. The van der Waals surface area contributed by atoms with Crippen LogP contribution < -0.4 is 0 Å². The van der Waals surface area contributed by atoms with Gasteiger partial charge >= 0.3 is 0 Å². The molecule has 0 saturated heterocycles. The molecule has 0 aromatic heterocycles. The quantitative estimate of drug-likeness (QED) is 0.195. The van der Waals surface area contributed by atoms with Crippen molar-refractivity contribution in [3.05, 3.63) is 39.9 Å². The van der Waals surface area contributed by atoms with Gasteiger partial charge in [0.2, 0.25) is 0 Å². The van der Waals surface area contributed by atoms with Gasteiger partial charge in [0.1, 0.15) is 0 Å². The van der Waals surface area contributed by atoms with Crippen LogP contribution in [0.15, 0.2) is 24.3 Å². The number of benzene rings is 1. The third-order valence-corrected chi connectivity index (χ3v) is 5.11. The summed E-state index contributed by atoms with van der Waals surface area (Å²) < 4.78 is 0. The zero-order chi connectivity index (χ0) is 19.0. The lowest BCUT2D eigenvalue weighted by Gasteiger charge is -2.20. The molecule has 0 N–H and O–H groups in total. The number of nitro benzene ring substituents is 1. The molecule has 1 aromatic rings. The molecule has 0 bridgehead atoms. The van der Waals surface area contributed by atoms with Crippen molar-refractivity contribution in [1.82, 2.24) is 4.90 Å². The lowest BCUT2D eigenvalue weighted by molar-refractivity contribution is -0.384. The van der Waals surface area contributed by atoms with E-state index in [0.717, 1.165) is 13.0 Å². The molecule has 0 saturated carbocycles. The van der Waals surface area contributed by atoms with E-state index < -0.39 is 0 Å². The first-order chi connectivity index (χ1) is 12.7. The Bertz CT molecular complexity index is 474. The van der Waals surface area contributed by atoms with Gasteiger partial charge in [-0.15, -0.1) is 0 Å². The molecule has 0 radical (unpaired) electrons. The molecule has 0 spiro atoms. The highest BCUT2D eigenvalue weighted by Crippen LogP contribution is 2.14. The molecule has 1 rings (SSSR count). The third kappa shape index (κ3) is 10.5. The van der Waals surface area contributed by atoms with Gasteiger partial charge in [0.05, 0.1) is 4.92 Å². The zero-order valence-electron chi connectivity index (χ0n) is 16.9. The van der Waals surface area contributed by atoms with Crippen molar-refractivity contribution >= 4 is 5.69 Å². The fraction of sp³-hybridized carbons (Fsp3) is 0.727. The number of non-ortho nitro benzene ring substituents is 1. The van der Waals surface area contributed by atoms with Gasteiger partial charge in [-0.25, -0.2) is 0 Å². The van der Waals surface area contributed by atoms with Crippen molar-refractivity contribution in [2.75, 3.05) is 19.6 Å². The Morgan fingerprint density at radius 3 is 1.88 bits per heavy atom. The van der Waals surface area contributed by atoms with Gasteiger partial charge in [-0.05, 0) is 50.9 Å². The van der Waals surface area contributed by atoms with Gasteiger partial charge < -0.3 is 4.90 Å². The monoisotopic (exact) mass is 362 g/mol. The maximum absolute atomic E-state index is 10.7. The maximum atomic E-state index is 10.7. The molecule has 0 aliphatic rings. The summed E-state index contributed by atoms with van der Waals surface area (Å²) in [4.78, 5) is 12.9. The molecule has 148 valence electrons. The lowest BCUT2D eigenvalue weighted by atomic mass is 10.1. The molecule has 0 aliphatic carbocycles. The van der Waals surface area contributed by atoms with Crippen LogP contribution >= 0.6 is 0 Å². The second kappa shape index (κ2) is 14.7. The standard InChI is InChI=1S/C22H38N2O2/c1-3-5-6-7-9-12-19-23(4-2)20-13-10-8-11-14-21-15-17-22(18-16-21)24(25)26/h15-18H,3-14,19-20H2,1-2H3. The highest BCUT2D eigenvalue weighted by molar-refractivity contribution is 5.32. The summed E-state index contributed by atoms with van der Waals surface area (Å²) in [5.41, 5.74) is 1.38. The minimum atomic E-state index is -0.339. The van der Waals surface area contributed by atoms with E-state index in [-0.39, 0.29) is 10.6 Å². The smallest absolute Gasteiger partial charge is 0.269 e. The van der Waals surface area contributed by atoms with Crippen LogP contribution in [-0.4, -0.2) is 29.5 Å². The summed E-state index contributed by atoms with van der Waals surface area (Å²) in [7, 11) is 0. The largest absolute Gasteiger partial charge is 0.304 e. The van der Waals surface area contributed by atoms with Crippen LogP contribution in [0.4, 0.5) is 5.69 Å². The minimum absolute atomic E-state index is 0.179. The van der Waals surface area contributed by atoms with Gasteiger partial charge in [0, 0.05) is 12.1 Å². The molecule has 0 amide bonds. The van der Waals surface area contributed by atoms with E-state index in [1.807, 2.05) is 12.1 Å². The second-order valence-electron chi connectivity index (χ2n) is 7.29. The Labute approximate surface area is 160 Å². The van der Waals surface area contributed by atoms with E-state index in [1.54, 1.807) is 12.1 Å². The minimum Gasteiger partial charge on any atom is -0.304 e. The van der Waals surface area contributed by atoms with E-state index in [0.29, 0.717) is 0 Å². The summed E-state index contributed by atoms with van der Waals surface area (Å²) in [6.07, 6.45) is 14.2. The van der Waals surface area contributed by atoms with E-state index in [4.69, 9.17) is 0 Å². The van der Waals surface area contributed by atoms with Crippen molar-refractivity contribution in [2.45, 2.75) is 84.5 Å². The summed E-state index contributed by atoms with van der Waals surface area (Å²) >= 11 is 0. The number of nitro groups is 1. The first kappa shape index (κ1) is 22.6. The van der Waals surface area contributed by atoms with Gasteiger partial charge in [0.15, 0.2) is 0 Å². The predicted molar refractivity (Wildman–Crippen MR) is 111 cm³/mol. The molecule has 4 heteroatoms. The predicted octanol–water partition coefficient (Wildman–Crippen LogP) is 6.38. The van der Waals surface area contributed by atoms with Gasteiger partial charge in [-0.1, -0.05) is 70.9 Å². The number of unbranched alkanes of at least 4 members (excludes halogenated alkanes) is 8. The zero-order valence-corrected chi connectivity index (χ0v) is 16.9. The van der Waals surface area contributed by atoms with Crippen molar-refractivity contribution < 1.29 is 4.92 Å². The number of rotatable bonds is 16. The van der Waals surface area contributed by atoms with Crippen molar-refractivity contribution in [2.24, 2.45) is 0 Å². The van der Waals surface area contributed by atoms with Gasteiger partial charge in [-0.3, -0.25) is 10.1 Å².